The van der Waals surface area contributed by atoms with Gasteiger partial charge < -0.3 is 5.32 Å². The van der Waals surface area contributed by atoms with Crippen LogP contribution in [-0.2, 0) is 12.8 Å². The summed E-state index contributed by atoms with van der Waals surface area (Å²) in [6, 6.07) is 11.5. The predicted molar refractivity (Wildman–Crippen MR) is 88.9 cm³/mol. The van der Waals surface area contributed by atoms with E-state index in [-0.39, 0.29) is 0 Å². The Bertz CT molecular complexity index is 607. The molecule has 1 aromatic carbocycles. The number of nitrogens with one attached hydrogen (secondary N) is 1. The van der Waals surface area contributed by atoms with E-state index in [1.54, 1.807) is 11.8 Å². The average molecular weight is 298 g/mol. The minimum atomic E-state index is 0.314. The summed E-state index contributed by atoms with van der Waals surface area (Å²) in [5, 5.41) is 3.39. The van der Waals surface area contributed by atoms with Gasteiger partial charge in [-0.2, -0.15) is 0 Å². The summed E-state index contributed by atoms with van der Waals surface area (Å²) in [7, 11) is 0. The Morgan fingerprint density at radius 1 is 1.14 bits per heavy atom. The summed E-state index contributed by atoms with van der Waals surface area (Å²) >= 11 is 1.80. The summed E-state index contributed by atoms with van der Waals surface area (Å²) in [6.07, 6.45) is 5.78. The van der Waals surface area contributed by atoms with Gasteiger partial charge in [-0.3, -0.25) is 4.98 Å². The van der Waals surface area contributed by atoms with Crippen molar-refractivity contribution < 1.29 is 0 Å². The fourth-order valence-corrected chi connectivity index (χ4v) is 3.72. The van der Waals surface area contributed by atoms with Crippen molar-refractivity contribution in [1.82, 2.24) is 10.3 Å². The molecule has 3 rings (SSSR count). The van der Waals surface area contributed by atoms with E-state index in [0.717, 1.165) is 12.2 Å². The third kappa shape index (κ3) is 3.47. The number of pyridine rings is 1. The highest BCUT2D eigenvalue weighted by molar-refractivity contribution is 7.99. The molecule has 2 aromatic rings. The first kappa shape index (κ1) is 14.6. The van der Waals surface area contributed by atoms with Gasteiger partial charge in [0.2, 0.25) is 0 Å². The number of hydrogen-bond donors (Lipinski definition) is 1. The number of rotatable bonds is 5. The molecule has 0 saturated carbocycles. The fourth-order valence-electron chi connectivity index (χ4n) is 2.87. The second-order valence-electron chi connectivity index (χ2n) is 5.58. The van der Waals surface area contributed by atoms with Gasteiger partial charge >= 0.3 is 0 Å². The molecule has 3 heteroatoms. The molecule has 0 fully saturated rings. The molecule has 1 aliphatic carbocycles. The van der Waals surface area contributed by atoms with Gasteiger partial charge in [-0.15, -0.1) is 0 Å². The largest absolute Gasteiger partial charge is 0.309 e. The lowest BCUT2D eigenvalue weighted by atomic mass is 10.1. The van der Waals surface area contributed by atoms with Crippen LogP contribution in [0.25, 0.3) is 0 Å². The zero-order chi connectivity index (χ0) is 14.7. The topological polar surface area (TPSA) is 24.9 Å². The van der Waals surface area contributed by atoms with E-state index in [1.807, 2.05) is 6.20 Å². The van der Waals surface area contributed by atoms with Crippen molar-refractivity contribution in [2.24, 2.45) is 0 Å². The summed E-state index contributed by atoms with van der Waals surface area (Å²) in [6.45, 7) is 5.24. The quantitative estimate of drug-likeness (QED) is 0.886. The van der Waals surface area contributed by atoms with E-state index >= 15 is 0 Å². The lowest BCUT2D eigenvalue weighted by molar-refractivity contribution is 0.582. The first-order valence-corrected chi connectivity index (χ1v) is 8.57. The van der Waals surface area contributed by atoms with Crippen LogP contribution >= 0.6 is 11.8 Å². The predicted octanol–water partition coefficient (Wildman–Crippen LogP) is 4.39. The molecular weight excluding hydrogens is 276 g/mol. The van der Waals surface area contributed by atoms with Crippen molar-refractivity contribution in [3.8, 4) is 0 Å². The summed E-state index contributed by atoms with van der Waals surface area (Å²) in [4.78, 5) is 7.12. The summed E-state index contributed by atoms with van der Waals surface area (Å²) in [5.74, 6) is 0. The lowest BCUT2D eigenvalue weighted by Gasteiger charge is -2.12. The fraction of sp³-hybridized carbons (Fsp3) is 0.389. The zero-order valence-corrected chi connectivity index (χ0v) is 13.5. The molecule has 0 bridgehead atoms. The van der Waals surface area contributed by atoms with Crippen LogP contribution in [0, 0.1) is 0 Å². The van der Waals surface area contributed by atoms with Crippen molar-refractivity contribution in [3.63, 3.8) is 0 Å². The van der Waals surface area contributed by atoms with Crippen molar-refractivity contribution in [2.45, 2.75) is 48.9 Å². The Kier molecular flexibility index (Phi) is 4.61. The monoisotopic (exact) mass is 298 g/mol. The van der Waals surface area contributed by atoms with Crippen LogP contribution in [0.4, 0.5) is 0 Å². The van der Waals surface area contributed by atoms with Crippen molar-refractivity contribution in [1.29, 1.82) is 0 Å². The minimum Gasteiger partial charge on any atom is -0.309 e. The molecule has 0 aliphatic heterocycles. The third-order valence-corrected chi connectivity index (χ3v) is 4.99. The van der Waals surface area contributed by atoms with Gasteiger partial charge in [0.15, 0.2) is 0 Å². The van der Waals surface area contributed by atoms with Crippen LogP contribution in [0.1, 0.15) is 43.1 Å². The van der Waals surface area contributed by atoms with Gasteiger partial charge in [-0.1, -0.05) is 24.8 Å². The second-order valence-corrected chi connectivity index (χ2v) is 6.73. The highest BCUT2D eigenvalue weighted by atomic mass is 32.2. The van der Waals surface area contributed by atoms with Crippen molar-refractivity contribution in [3.05, 3.63) is 53.3 Å². The van der Waals surface area contributed by atoms with Gasteiger partial charge in [0, 0.05) is 22.0 Å². The molecule has 0 spiro atoms. The highest BCUT2D eigenvalue weighted by Gasteiger charge is 2.11. The molecule has 1 atom stereocenters. The first-order chi connectivity index (χ1) is 10.3. The summed E-state index contributed by atoms with van der Waals surface area (Å²) in [5.41, 5.74) is 4.17. The van der Waals surface area contributed by atoms with Crippen LogP contribution in [0.15, 0.2) is 46.3 Å². The lowest BCUT2D eigenvalue weighted by Crippen LogP contribution is -2.18. The molecule has 0 saturated heterocycles. The van der Waals surface area contributed by atoms with Crippen LogP contribution in [0.5, 0.6) is 0 Å². The number of nitrogens with zero attached hydrogens (tertiary/aromatic N) is 1. The molecule has 2 nitrogen and oxygen atoms in total. The Morgan fingerprint density at radius 2 is 1.95 bits per heavy atom. The zero-order valence-electron chi connectivity index (χ0n) is 12.7. The van der Waals surface area contributed by atoms with Gasteiger partial charge in [-0.05, 0) is 68.1 Å². The van der Waals surface area contributed by atoms with Crippen LogP contribution in [0.3, 0.4) is 0 Å². The standard InChI is InChI=1S/C18H22N2S/c1-3-19-13(2)18-10-9-17(12-20-18)21-16-8-7-14-5-4-6-15(14)11-16/h7-13,19H,3-6H2,1-2H3. The van der Waals surface area contributed by atoms with E-state index in [1.165, 1.54) is 40.2 Å². The molecule has 1 heterocycles. The molecule has 110 valence electrons. The number of aryl methyl sites for hydroxylation is 2. The third-order valence-electron chi connectivity index (χ3n) is 4.02. The van der Waals surface area contributed by atoms with E-state index in [0.29, 0.717) is 6.04 Å². The maximum Gasteiger partial charge on any atom is 0.0571 e. The maximum absolute atomic E-state index is 4.58. The second kappa shape index (κ2) is 6.63. The number of fused-ring (bicyclic) bond motifs is 1. The van der Waals surface area contributed by atoms with Crippen LogP contribution in [-0.4, -0.2) is 11.5 Å². The Hall–Kier alpha value is -1.32. The first-order valence-electron chi connectivity index (χ1n) is 7.75. The number of hydrogen-bond acceptors (Lipinski definition) is 3. The van der Waals surface area contributed by atoms with Gasteiger partial charge in [0.25, 0.3) is 0 Å². The van der Waals surface area contributed by atoms with Gasteiger partial charge in [0.05, 0.1) is 5.69 Å². The maximum atomic E-state index is 4.58. The number of benzene rings is 1. The highest BCUT2D eigenvalue weighted by Crippen LogP contribution is 2.32. The molecule has 1 N–H and O–H groups in total. The molecule has 1 aromatic heterocycles. The summed E-state index contributed by atoms with van der Waals surface area (Å²) < 4.78 is 0. The molecule has 21 heavy (non-hydrogen) atoms. The van der Waals surface area contributed by atoms with E-state index in [9.17, 15) is 0 Å². The van der Waals surface area contributed by atoms with E-state index in [4.69, 9.17) is 0 Å². The minimum absolute atomic E-state index is 0.314. The van der Waals surface area contributed by atoms with E-state index < -0.39 is 0 Å². The average Bonchev–Trinajstić information content (AvgIpc) is 2.96. The Morgan fingerprint density at radius 3 is 2.71 bits per heavy atom. The SMILES string of the molecule is CCNC(C)c1ccc(Sc2ccc3c(c2)CCC3)cn1. The number of aromatic nitrogens is 1. The van der Waals surface area contributed by atoms with Gasteiger partial charge in [0.1, 0.15) is 0 Å². The van der Waals surface area contributed by atoms with E-state index in [2.05, 4.69) is 54.5 Å². The Labute approximate surface area is 131 Å². The Balaban J connectivity index is 1.70. The molecule has 1 aliphatic rings. The van der Waals surface area contributed by atoms with Gasteiger partial charge in [-0.25, -0.2) is 0 Å². The molecule has 0 amide bonds. The molecular formula is C18H22N2S. The van der Waals surface area contributed by atoms with Crippen LogP contribution < -0.4 is 5.32 Å². The van der Waals surface area contributed by atoms with Crippen molar-refractivity contribution in [2.75, 3.05) is 6.54 Å². The normalized spacial score (nSPS) is 15.0. The smallest absolute Gasteiger partial charge is 0.0571 e. The van der Waals surface area contributed by atoms with Crippen molar-refractivity contribution >= 4 is 11.8 Å². The van der Waals surface area contributed by atoms with Crippen LogP contribution in [0.2, 0.25) is 0 Å². The molecule has 0 radical (unpaired) electrons. The molecule has 1 unspecified atom stereocenters.